The lowest BCUT2D eigenvalue weighted by Crippen LogP contribution is -2.49. The van der Waals surface area contributed by atoms with Gasteiger partial charge in [-0.2, -0.15) is 0 Å². The Kier molecular flexibility index (Phi) is 7.37. The molecule has 2 aromatic rings. The zero-order chi connectivity index (χ0) is 18.9. The first-order chi connectivity index (χ1) is 12.4. The van der Waals surface area contributed by atoms with E-state index >= 15 is 0 Å². The highest BCUT2D eigenvalue weighted by atomic mass is 79.9. The lowest BCUT2D eigenvalue weighted by molar-refractivity contribution is -0.123. The number of carbonyl (C=O) groups excluding carboxylic acids is 2. The number of rotatable bonds is 5. The van der Waals surface area contributed by atoms with E-state index < -0.39 is 11.8 Å². The van der Waals surface area contributed by atoms with Crippen molar-refractivity contribution in [3.8, 4) is 5.75 Å². The molecule has 1 aromatic heterocycles. The SMILES string of the molecule is Cc1cc(OCC(=O)NNC(=S)NC(=O)C=Cc2ccco2)ccc1Br. The van der Waals surface area contributed by atoms with Gasteiger partial charge >= 0.3 is 0 Å². The summed E-state index contributed by atoms with van der Waals surface area (Å²) in [6.45, 7) is 1.71. The number of hydrogen-bond donors (Lipinski definition) is 3. The summed E-state index contributed by atoms with van der Waals surface area (Å²) in [7, 11) is 0. The van der Waals surface area contributed by atoms with Crippen molar-refractivity contribution in [3.05, 3.63) is 58.5 Å². The Morgan fingerprint density at radius 1 is 1.31 bits per heavy atom. The van der Waals surface area contributed by atoms with Crippen LogP contribution in [0.3, 0.4) is 0 Å². The molecule has 0 aliphatic heterocycles. The van der Waals surface area contributed by atoms with E-state index in [0.717, 1.165) is 10.0 Å². The number of aryl methyl sites for hydroxylation is 1. The number of amides is 2. The van der Waals surface area contributed by atoms with E-state index in [1.165, 1.54) is 18.4 Å². The van der Waals surface area contributed by atoms with Gasteiger partial charge in [0.15, 0.2) is 11.7 Å². The quantitative estimate of drug-likeness (QED) is 0.378. The molecule has 7 nitrogen and oxygen atoms in total. The van der Waals surface area contributed by atoms with Crippen molar-refractivity contribution in [1.29, 1.82) is 0 Å². The zero-order valence-electron chi connectivity index (χ0n) is 13.7. The van der Waals surface area contributed by atoms with Crippen LogP contribution in [0.2, 0.25) is 0 Å². The van der Waals surface area contributed by atoms with Gasteiger partial charge in [0, 0.05) is 10.5 Å². The molecule has 0 saturated heterocycles. The molecule has 3 N–H and O–H groups in total. The van der Waals surface area contributed by atoms with Crippen LogP contribution in [0.1, 0.15) is 11.3 Å². The van der Waals surface area contributed by atoms with Gasteiger partial charge in [-0.25, -0.2) is 0 Å². The number of hydrazine groups is 1. The van der Waals surface area contributed by atoms with Crippen LogP contribution in [0.4, 0.5) is 0 Å². The van der Waals surface area contributed by atoms with Gasteiger partial charge in [0.25, 0.3) is 5.91 Å². The van der Waals surface area contributed by atoms with Crippen LogP contribution in [0.5, 0.6) is 5.75 Å². The average molecular weight is 438 g/mol. The number of carbonyl (C=O) groups is 2. The van der Waals surface area contributed by atoms with Crippen molar-refractivity contribution in [2.24, 2.45) is 0 Å². The molecule has 0 spiro atoms. The lowest BCUT2D eigenvalue weighted by atomic mass is 10.2. The van der Waals surface area contributed by atoms with Gasteiger partial charge in [-0.15, -0.1) is 0 Å². The van der Waals surface area contributed by atoms with E-state index in [9.17, 15) is 9.59 Å². The van der Waals surface area contributed by atoms with E-state index in [1.54, 1.807) is 24.3 Å². The van der Waals surface area contributed by atoms with E-state index in [1.807, 2.05) is 13.0 Å². The molecule has 0 saturated carbocycles. The number of thiocarbonyl (C=S) groups is 1. The number of nitrogens with one attached hydrogen (secondary N) is 3. The second-order valence-electron chi connectivity index (χ2n) is 5.04. The Bertz CT molecular complexity index is 821. The normalized spacial score (nSPS) is 10.4. The Morgan fingerprint density at radius 3 is 2.81 bits per heavy atom. The second-order valence-corrected chi connectivity index (χ2v) is 6.30. The molecule has 2 amide bonds. The van der Waals surface area contributed by atoms with Gasteiger partial charge in [0.1, 0.15) is 11.5 Å². The molecule has 0 radical (unpaired) electrons. The van der Waals surface area contributed by atoms with E-state index in [-0.39, 0.29) is 11.7 Å². The first kappa shape index (κ1) is 19.7. The maximum atomic E-state index is 11.7. The average Bonchev–Trinajstić information content (AvgIpc) is 3.13. The smallest absolute Gasteiger partial charge is 0.276 e. The van der Waals surface area contributed by atoms with Crippen molar-refractivity contribution in [2.75, 3.05) is 6.61 Å². The standard InChI is InChI=1S/C17H16BrN3O4S/c1-11-9-13(4-6-14(11)18)25-10-16(23)20-21-17(26)19-15(22)7-5-12-3-2-8-24-12/h2-9H,10H2,1H3,(H,20,23)(H2,19,21,22,26). The lowest BCUT2D eigenvalue weighted by Gasteiger charge is -2.11. The summed E-state index contributed by atoms with van der Waals surface area (Å²) in [5.74, 6) is 0.190. The Labute approximate surface area is 163 Å². The molecule has 0 bridgehead atoms. The van der Waals surface area contributed by atoms with Crippen molar-refractivity contribution in [3.63, 3.8) is 0 Å². The summed E-state index contributed by atoms with van der Waals surface area (Å²) in [4.78, 5) is 23.4. The van der Waals surface area contributed by atoms with Crippen LogP contribution in [0.15, 0.2) is 51.6 Å². The summed E-state index contributed by atoms with van der Waals surface area (Å²) in [5, 5.41) is 2.33. The van der Waals surface area contributed by atoms with Gasteiger partial charge in [0.2, 0.25) is 5.91 Å². The minimum absolute atomic E-state index is 0.0491. The summed E-state index contributed by atoms with van der Waals surface area (Å²) < 4.78 is 11.4. The highest BCUT2D eigenvalue weighted by Crippen LogP contribution is 2.21. The van der Waals surface area contributed by atoms with E-state index in [0.29, 0.717) is 11.5 Å². The fourth-order valence-corrected chi connectivity index (χ4v) is 2.15. The van der Waals surface area contributed by atoms with Gasteiger partial charge < -0.3 is 9.15 Å². The molecule has 1 heterocycles. The number of hydrogen-bond acceptors (Lipinski definition) is 5. The summed E-state index contributed by atoms with van der Waals surface area (Å²) >= 11 is 8.30. The second kappa shape index (κ2) is 9.73. The van der Waals surface area contributed by atoms with E-state index in [4.69, 9.17) is 21.4 Å². The molecule has 9 heteroatoms. The van der Waals surface area contributed by atoms with Crippen LogP contribution in [-0.2, 0) is 9.59 Å². The van der Waals surface area contributed by atoms with Crippen molar-refractivity contribution >= 4 is 51.2 Å². The maximum Gasteiger partial charge on any atom is 0.276 e. The van der Waals surface area contributed by atoms with Crippen LogP contribution in [0.25, 0.3) is 6.08 Å². The fourth-order valence-electron chi connectivity index (χ4n) is 1.75. The fraction of sp³-hybridized carbons (Fsp3) is 0.118. The molecule has 1 aromatic carbocycles. The van der Waals surface area contributed by atoms with Crippen LogP contribution in [-0.4, -0.2) is 23.5 Å². The highest BCUT2D eigenvalue weighted by molar-refractivity contribution is 9.10. The number of furan rings is 1. The van der Waals surface area contributed by atoms with Gasteiger partial charge in [-0.1, -0.05) is 15.9 Å². The molecule has 0 atom stereocenters. The topological polar surface area (TPSA) is 92.6 Å². The summed E-state index contributed by atoms with van der Waals surface area (Å²) in [6, 6.07) is 8.79. The minimum atomic E-state index is -0.463. The summed E-state index contributed by atoms with van der Waals surface area (Å²) in [5.41, 5.74) is 5.74. The first-order valence-corrected chi connectivity index (χ1v) is 8.64. The first-order valence-electron chi connectivity index (χ1n) is 7.44. The molecule has 0 aliphatic carbocycles. The molecular formula is C17H16BrN3O4S. The number of halogens is 1. The monoisotopic (exact) mass is 437 g/mol. The molecule has 2 rings (SSSR count). The van der Waals surface area contributed by atoms with Gasteiger partial charge in [-0.3, -0.25) is 25.8 Å². The maximum absolute atomic E-state index is 11.7. The molecule has 26 heavy (non-hydrogen) atoms. The Balaban J connectivity index is 1.68. The Hall–Kier alpha value is -2.65. The third kappa shape index (κ3) is 6.69. The molecule has 136 valence electrons. The molecule has 0 unspecified atom stereocenters. The van der Waals surface area contributed by atoms with Crippen LogP contribution >= 0.6 is 28.1 Å². The highest BCUT2D eigenvalue weighted by Gasteiger charge is 2.06. The number of ether oxygens (including phenoxy) is 1. The third-order valence-electron chi connectivity index (χ3n) is 2.99. The largest absolute Gasteiger partial charge is 0.484 e. The molecule has 0 fully saturated rings. The predicted molar refractivity (Wildman–Crippen MR) is 104 cm³/mol. The van der Waals surface area contributed by atoms with E-state index in [2.05, 4.69) is 32.1 Å². The Morgan fingerprint density at radius 2 is 2.12 bits per heavy atom. The molecular weight excluding hydrogens is 422 g/mol. The summed E-state index contributed by atoms with van der Waals surface area (Å²) in [6.07, 6.45) is 4.25. The van der Waals surface area contributed by atoms with Gasteiger partial charge in [0.05, 0.1) is 6.26 Å². The van der Waals surface area contributed by atoms with Crippen molar-refractivity contribution in [2.45, 2.75) is 6.92 Å². The van der Waals surface area contributed by atoms with Crippen molar-refractivity contribution < 1.29 is 18.7 Å². The zero-order valence-corrected chi connectivity index (χ0v) is 16.1. The molecule has 0 aliphatic rings. The minimum Gasteiger partial charge on any atom is -0.484 e. The third-order valence-corrected chi connectivity index (χ3v) is 4.09. The van der Waals surface area contributed by atoms with Crippen molar-refractivity contribution in [1.82, 2.24) is 16.2 Å². The van der Waals surface area contributed by atoms with Crippen LogP contribution in [0, 0.1) is 6.92 Å². The predicted octanol–water partition coefficient (Wildman–Crippen LogP) is 2.46. The van der Waals surface area contributed by atoms with Crippen LogP contribution < -0.4 is 20.9 Å². The number of benzene rings is 1. The van der Waals surface area contributed by atoms with Gasteiger partial charge in [-0.05, 0) is 61.1 Å².